The van der Waals surface area contributed by atoms with Crippen LogP contribution < -0.4 is 15.0 Å². The number of para-hydroxylation sites is 1. The highest BCUT2D eigenvalue weighted by atomic mass is 16.5. The van der Waals surface area contributed by atoms with E-state index in [4.69, 9.17) is 4.74 Å². The van der Waals surface area contributed by atoms with Gasteiger partial charge in [-0.15, -0.1) is 0 Å². The highest BCUT2D eigenvalue weighted by Gasteiger charge is 2.25. The summed E-state index contributed by atoms with van der Waals surface area (Å²) in [6.45, 7) is 0.674. The average Bonchev–Trinajstić information content (AvgIpc) is 3.52. The summed E-state index contributed by atoms with van der Waals surface area (Å²) in [6, 6.07) is 23.9. The van der Waals surface area contributed by atoms with Crippen molar-refractivity contribution in [2.45, 2.75) is 6.42 Å². The van der Waals surface area contributed by atoms with Crippen LogP contribution in [0.4, 0.5) is 11.4 Å². The molecule has 1 aromatic heterocycles. The predicted octanol–water partition coefficient (Wildman–Crippen LogP) is 4.34. The molecule has 1 aliphatic heterocycles. The number of amides is 2. The zero-order chi connectivity index (χ0) is 22.8. The molecule has 0 saturated heterocycles. The zero-order valence-corrected chi connectivity index (χ0v) is 18.1. The van der Waals surface area contributed by atoms with Crippen LogP contribution in [0.3, 0.4) is 0 Å². The molecular weight excluding hydrogens is 416 g/mol. The number of rotatable bonds is 5. The summed E-state index contributed by atoms with van der Waals surface area (Å²) >= 11 is 0. The largest absolute Gasteiger partial charge is 0.497 e. The third-order valence-corrected chi connectivity index (χ3v) is 5.68. The van der Waals surface area contributed by atoms with Gasteiger partial charge < -0.3 is 15.0 Å². The molecule has 0 saturated carbocycles. The number of aromatic nitrogens is 2. The molecule has 1 N–H and O–H groups in total. The van der Waals surface area contributed by atoms with E-state index in [0.29, 0.717) is 23.5 Å². The molecule has 7 nitrogen and oxygen atoms in total. The Bertz CT molecular complexity index is 1310. The smallest absolute Gasteiger partial charge is 0.276 e. The van der Waals surface area contributed by atoms with Crippen LogP contribution in [0.5, 0.6) is 5.75 Å². The van der Waals surface area contributed by atoms with Crippen LogP contribution in [0.2, 0.25) is 0 Å². The lowest BCUT2D eigenvalue weighted by atomic mass is 10.1. The molecule has 164 valence electrons. The summed E-state index contributed by atoms with van der Waals surface area (Å²) in [7, 11) is 1.61. The Balaban J connectivity index is 1.25. The van der Waals surface area contributed by atoms with E-state index in [1.165, 1.54) is 5.56 Å². The Labute approximate surface area is 191 Å². The van der Waals surface area contributed by atoms with Gasteiger partial charge >= 0.3 is 0 Å². The number of carbonyl (C=O) groups excluding carboxylic acids is 2. The molecule has 0 spiro atoms. The number of nitrogens with zero attached hydrogens (tertiary/aromatic N) is 3. The maximum Gasteiger partial charge on any atom is 0.276 e. The minimum Gasteiger partial charge on any atom is -0.497 e. The van der Waals surface area contributed by atoms with Crippen molar-refractivity contribution in [3.8, 4) is 11.4 Å². The second-order valence-corrected chi connectivity index (χ2v) is 7.71. The normalized spacial score (nSPS) is 12.3. The van der Waals surface area contributed by atoms with E-state index < -0.39 is 0 Å². The molecule has 2 amide bonds. The molecule has 0 radical (unpaired) electrons. The van der Waals surface area contributed by atoms with E-state index in [1.807, 2.05) is 42.5 Å². The van der Waals surface area contributed by atoms with E-state index in [1.54, 1.807) is 53.2 Å². The third kappa shape index (κ3) is 4.08. The molecular formula is C26H22N4O3. The number of hydrogen-bond donors (Lipinski definition) is 1. The van der Waals surface area contributed by atoms with E-state index >= 15 is 0 Å². The van der Waals surface area contributed by atoms with Gasteiger partial charge in [0.05, 0.1) is 12.8 Å². The van der Waals surface area contributed by atoms with Crippen LogP contribution in [-0.2, 0) is 6.42 Å². The summed E-state index contributed by atoms with van der Waals surface area (Å²) in [5, 5.41) is 7.19. The van der Waals surface area contributed by atoms with E-state index in [2.05, 4.69) is 16.5 Å². The third-order valence-electron chi connectivity index (χ3n) is 5.68. The van der Waals surface area contributed by atoms with Gasteiger partial charge in [0.1, 0.15) is 5.75 Å². The van der Waals surface area contributed by atoms with Crippen molar-refractivity contribution in [3.05, 3.63) is 102 Å². The van der Waals surface area contributed by atoms with Crippen molar-refractivity contribution in [2.75, 3.05) is 23.9 Å². The Kier molecular flexibility index (Phi) is 5.36. The number of anilines is 2. The number of fused-ring (bicyclic) bond motifs is 1. The number of nitrogens with one attached hydrogen (secondary N) is 1. The van der Waals surface area contributed by atoms with Gasteiger partial charge in [0, 0.05) is 29.7 Å². The molecule has 0 bridgehead atoms. The number of methoxy groups -OCH3 is 1. The first kappa shape index (κ1) is 20.5. The lowest BCUT2D eigenvalue weighted by Gasteiger charge is -2.17. The lowest BCUT2D eigenvalue weighted by Crippen LogP contribution is -2.28. The van der Waals surface area contributed by atoms with Crippen LogP contribution in [0, 0.1) is 0 Å². The van der Waals surface area contributed by atoms with Crippen molar-refractivity contribution in [2.24, 2.45) is 0 Å². The van der Waals surface area contributed by atoms with Crippen molar-refractivity contribution < 1.29 is 14.3 Å². The molecule has 0 fully saturated rings. The fourth-order valence-electron chi connectivity index (χ4n) is 3.92. The van der Waals surface area contributed by atoms with Crippen molar-refractivity contribution >= 4 is 23.2 Å². The Morgan fingerprint density at radius 1 is 0.939 bits per heavy atom. The molecule has 7 heteroatoms. The van der Waals surface area contributed by atoms with Crippen LogP contribution in [-0.4, -0.2) is 35.2 Å². The Morgan fingerprint density at radius 3 is 2.45 bits per heavy atom. The minimum atomic E-state index is -0.324. The summed E-state index contributed by atoms with van der Waals surface area (Å²) in [4.78, 5) is 27.4. The topological polar surface area (TPSA) is 76.5 Å². The monoisotopic (exact) mass is 438 g/mol. The first-order valence-corrected chi connectivity index (χ1v) is 10.6. The van der Waals surface area contributed by atoms with E-state index in [-0.39, 0.29) is 11.8 Å². The van der Waals surface area contributed by atoms with Crippen LogP contribution in [0.25, 0.3) is 5.69 Å². The first-order valence-electron chi connectivity index (χ1n) is 10.6. The first-order chi connectivity index (χ1) is 16.1. The number of ether oxygens (including phenoxy) is 1. The fourth-order valence-corrected chi connectivity index (χ4v) is 3.92. The summed E-state index contributed by atoms with van der Waals surface area (Å²) < 4.78 is 6.79. The highest BCUT2D eigenvalue weighted by Crippen LogP contribution is 2.29. The quantitative estimate of drug-likeness (QED) is 0.503. The van der Waals surface area contributed by atoms with Gasteiger partial charge in [0.15, 0.2) is 5.69 Å². The molecule has 4 aromatic rings. The molecule has 0 atom stereocenters. The second-order valence-electron chi connectivity index (χ2n) is 7.71. The number of carbonyl (C=O) groups is 2. The van der Waals surface area contributed by atoms with Crippen molar-refractivity contribution in [1.29, 1.82) is 0 Å². The van der Waals surface area contributed by atoms with Crippen LogP contribution >= 0.6 is 0 Å². The molecule has 3 aromatic carbocycles. The SMILES string of the molecule is COc1ccc(-n2ccc(C(=O)Nc3ccc(C(=O)N4CCc5ccccc54)cc3)n2)cc1. The van der Waals surface area contributed by atoms with E-state index in [0.717, 1.165) is 23.5 Å². The number of hydrogen-bond acceptors (Lipinski definition) is 4. The van der Waals surface area contributed by atoms with Gasteiger partial charge in [-0.3, -0.25) is 9.59 Å². The predicted molar refractivity (Wildman–Crippen MR) is 126 cm³/mol. The van der Waals surface area contributed by atoms with E-state index in [9.17, 15) is 9.59 Å². The van der Waals surface area contributed by atoms with Gasteiger partial charge in [0.25, 0.3) is 11.8 Å². The van der Waals surface area contributed by atoms with Gasteiger partial charge in [-0.2, -0.15) is 5.10 Å². The van der Waals surface area contributed by atoms with Gasteiger partial charge in [0.2, 0.25) is 0 Å². The zero-order valence-electron chi connectivity index (χ0n) is 18.1. The van der Waals surface area contributed by atoms with Crippen molar-refractivity contribution in [3.63, 3.8) is 0 Å². The molecule has 2 heterocycles. The number of benzene rings is 3. The average molecular weight is 438 g/mol. The standard InChI is InChI=1S/C26H22N4O3/c1-33-22-12-10-21(11-13-22)30-17-15-23(28-30)25(31)27-20-8-6-19(7-9-20)26(32)29-16-14-18-4-2-3-5-24(18)29/h2-13,15,17H,14,16H2,1H3,(H,27,31). The van der Waals surface area contributed by atoms with Crippen LogP contribution in [0.1, 0.15) is 26.4 Å². The molecule has 0 unspecified atom stereocenters. The maximum absolute atomic E-state index is 13.0. The summed E-state index contributed by atoms with van der Waals surface area (Å²) in [5.74, 6) is 0.380. The molecule has 5 rings (SSSR count). The van der Waals surface area contributed by atoms with Crippen molar-refractivity contribution in [1.82, 2.24) is 9.78 Å². The Morgan fingerprint density at radius 2 is 1.70 bits per heavy atom. The van der Waals surface area contributed by atoms with Gasteiger partial charge in [-0.05, 0) is 72.6 Å². The lowest BCUT2D eigenvalue weighted by molar-refractivity contribution is 0.0988. The van der Waals surface area contributed by atoms with Gasteiger partial charge in [-0.25, -0.2) is 4.68 Å². The highest BCUT2D eigenvalue weighted by molar-refractivity contribution is 6.08. The molecule has 0 aliphatic carbocycles. The van der Waals surface area contributed by atoms with Gasteiger partial charge in [-0.1, -0.05) is 18.2 Å². The minimum absolute atomic E-state index is 0.0453. The van der Waals surface area contributed by atoms with Crippen LogP contribution in [0.15, 0.2) is 85.1 Å². The fraction of sp³-hybridized carbons (Fsp3) is 0.115. The second kappa shape index (κ2) is 8.63. The summed E-state index contributed by atoms with van der Waals surface area (Å²) in [5.41, 5.74) is 4.43. The molecule has 1 aliphatic rings. The molecule has 33 heavy (non-hydrogen) atoms. The Hall–Kier alpha value is -4.39. The maximum atomic E-state index is 13.0. The summed E-state index contributed by atoms with van der Waals surface area (Å²) in [6.07, 6.45) is 2.59.